The van der Waals surface area contributed by atoms with E-state index in [9.17, 15) is 43.2 Å². The van der Waals surface area contributed by atoms with Crippen molar-refractivity contribution >= 4 is 39.5 Å². The highest BCUT2D eigenvalue weighted by Gasteiger charge is 2.30. The minimum atomic E-state index is -4.96. The van der Waals surface area contributed by atoms with Gasteiger partial charge in [-0.2, -0.15) is 0 Å². The summed E-state index contributed by atoms with van der Waals surface area (Å²) in [5.41, 5.74) is 0. The first-order valence-electron chi connectivity index (χ1n) is 39.5. The SMILES string of the molecule is CCCCCCCCCCCCCCCCCCC(=O)O[C@H](COC(=O)CCCCCCCCCCCCCCCC)COP(=O)(O)OC[C@@H](O)COP(=O)(O)OC[C@@H](COC(=O)CCCCCCCCCCCC(C)C)OC(=O)CCCCCCCCCCCCC(C)C. The van der Waals surface area contributed by atoms with E-state index >= 15 is 0 Å². The van der Waals surface area contributed by atoms with Crippen molar-refractivity contribution in [1.29, 1.82) is 0 Å². The van der Waals surface area contributed by atoms with Gasteiger partial charge in [-0.25, -0.2) is 9.13 Å². The Labute approximate surface area is 581 Å². The van der Waals surface area contributed by atoms with E-state index in [1.54, 1.807) is 0 Å². The lowest BCUT2D eigenvalue weighted by atomic mass is 10.0. The summed E-state index contributed by atoms with van der Waals surface area (Å²) in [6.45, 7) is 9.58. The van der Waals surface area contributed by atoms with Crippen molar-refractivity contribution in [3.8, 4) is 0 Å². The summed E-state index contributed by atoms with van der Waals surface area (Å²) in [7, 11) is -9.91. The number of carbonyl (C=O) groups is 4. The van der Waals surface area contributed by atoms with Crippen LogP contribution in [-0.2, 0) is 65.4 Å². The Bertz CT molecular complexity index is 1840. The van der Waals surface area contributed by atoms with Crippen LogP contribution in [0.2, 0.25) is 0 Å². The van der Waals surface area contributed by atoms with E-state index in [0.29, 0.717) is 25.7 Å². The zero-order chi connectivity index (χ0) is 70.0. The van der Waals surface area contributed by atoms with E-state index in [2.05, 4.69) is 41.5 Å². The molecule has 0 heterocycles. The number of phosphoric ester groups is 2. The highest BCUT2D eigenvalue weighted by molar-refractivity contribution is 7.47. The number of esters is 4. The number of rotatable bonds is 75. The molecular weight excluding hydrogens is 1250 g/mol. The first kappa shape index (κ1) is 93.1. The Morgan fingerprint density at radius 2 is 0.484 bits per heavy atom. The third-order valence-corrected chi connectivity index (χ3v) is 19.6. The molecule has 0 rings (SSSR count). The lowest BCUT2D eigenvalue weighted by Crippen LogP contribution is -2.30. The molecule has 0 bridgehead atoms. The smallest absolute Gasteiger partial charge is 0.462 e. The highest BCUT2D eigenvalue weighted by atomic mass is 31.2. The molecule has 0 aliphatic carbocycles. The fourth-order valence-electron chi connectivity index (χ4n) is 11.7. The second-order valence-electron chi connectivity index (χ2n) is 28.3. The minimum absolute atomic E-state index is 0.106. The molecule has 0 aliphatic heterocycles. The van der Waals surface area contributed by atoms with E-state index in [1.807, 2.05) is 0 Å². The molecule has 0 aromatic rings. The van der Waals surface area contributed by atoms with Crippen LogP contribution in [0.5, 0.6) is 0 Å². The first-order chi connectivity index (χ1) is 45.9. The van der Waals surface area contributed by atoms with Gasteiger partial charge in [-0.05, 0) is 37.5 Å². The van der Waals surface area contributed by atoms with Crippen LogP contribution in [-0.4, -0.2) is 96.7 Å². The van der Waals surface area contributed by atoms with Crippen LogP contribution < -0.4 is 0 Å². The van der Waals surface area contributed by atoms with Crippen molar-refractivity contribution in [2.75, 3.05) is 39.6 Å². The van der Waals surface area contributed by atoms with Crippen LogP contribution in [0.4, 0.5) is 0 Å². The maximum Gasteiger partial charge on any atom is 0.472 e. The van der Waals surface area contributed by atoms with Crippen LogP contribution >= 0.6 is 15.6 Å². The summed E-state index contributed by atoms with van der Waals surface area (Å²) in [5, 5.41) is 10.6. The van der Waals surface area contributed by atoms with Gasteiger partial charge in [-0.1, -0.05) is 343 Å². The lowest BCUT2D eigenvalue weighted by molar-refractivity contribution is -0.161. The summed E-state index contributed by atoms with van der Waals surface area (Å²) in [5.74, 6) is -0.618. The quantitative estimate of drug-likeness (QED) is 0.0222. The van der Waals surface area contributed by atoms with Crippen molar-refractivity contribution in [3.05, 3.63) is 0 Å². The number of phosphoric acid groups is 2. The first-order valence-corrected chi connectivity index (χ1v) is 42.5. The van der Waals surface area contributed by atoms with E-state index in [0.717, 1.165) is 102 Å². The molecule has 5 atom stereocenters. The van der Waals surface area contributed by atoms with Crippen LogP contribution in [0.3, 0.4) is 0 Å². The standard InChI is InChI=1S/C76H148O17P2/c1-7-9-11-13-15-17-19-21-23-24-26-28-35-42-48-54-60-75(80)92-71(64-86-73(78)58-52-46-40-34-27-25-22-20-18-16-14-12-10-8-2)66-90-94(82,83)88-62-70(77)63-89-95(84,85)91-67-72(65-87-74(79)59-53-47-41-37-31-33-39-45-51-57-69(5)6)93-76(81)61-55-49-43-36-30-29-32-38-44-50-56-68(3)4/h68-72,77H,7-67H2,1-6H3,(H,82,83)(H,84,85)/t70-,71-,72-/m1/s1. The Balaban J connectivity index is 5.26. The summed E-state index contributed by atoms with van der Waals surface area (Å²) >= 11 is 0. The van der Waals surface area contributed by atoms with Gasteiger partial charge in [0.25, 0.3) is 0 Å². The van der Waals surface area contributed by atoms with E-state index in [4.69, 9.17) is 37.0 Å². The Morgan fingerprint density at radius 1 is 0.284 bits per heavy atom. The van der Waals surface area contributed by atoms with Crippen LogP contribution in [0, 0.1) is 11.8 Å². The maximum absolute atomic E-state index is 13.1. The third-order valence-electron chi connectivity index (χ3n) is 17.7. The second-order valence-corrected chi connectivity index (χ2v) is 31.3. The molecule has 0 spiro atoms. The normalized spacial score (nSPS) is 14.0. The number of aliphatic hydroxyl groups is 1. The van der Waals surface area contributed by atoms with Gasteiger partial charge in [0.1, 0.15) is 19.3 Å². The molecule has 3 N–H and O–H groups in total. The fourth-order valence-corrected chi connectivity index (χ4v) is 13.2. The minimum Gasteiger partial charge on any atom is -0.462 e. The van der Waals surface area contributed by atoms with Crippen molar-refractivity contribution in [2.24, 2.45) is 11.8 Å². The van der Waals surface area contributed by atoms with E-state index < -0.39 is 97.5 Å². The maximum atomic E-state index is 13.1. The Kier molecular flexibility index (Phi) is 66.5. The molecule has 0 radical (unpaired) electrons. The molecule has 17 nitrogen and oxygen atoms in total. The molecule has 0 aromatic heterocycles. The monoisotopic (exact) mass is 1400 g/mol. The molecule has 0 aromatic carbocycles. The van der Waals surface area contributed by atoms with Gasteiger partial charge < -0.3 is 33.8 Å². The molecule has 0 saturated heterocycles. The molecule has 0 amide bonds. The number of unbranched alkanes of at least 4 members (excludes halogenated alkanes) is 45. The summed E-state index contributed by atoms with van der Waals surface area (Å²) in [6, 6.07) is 0. The summed E-state index contributed by atoms with van der Waals surface area (Å²) in [6.07, 6.45) is 55.4. The van der Waals surface area contributed by atoms with E-state index in [1.165, 1.54) is 212 Å². The molecule has 19 heteroatoms. The topological polar surface area (TPSA) is 237 Å². The van der Waals surface area contributed by atoms with Crippen LogP contribution in [0.1, 0.15) is 395 Å². The second kappa shape index (κ2) is 67.9. The van der Waals surface area contributed by atoms with E-state index in [-0.39, 0.29) is 25.7 Å². The summed E-state index contributed by atoms with van der Waals surface area (Å²) in [4.78, 5) is 72.8. The van der Waals surface area contributed by atoms with Gasteiger partial charge in [-0.15, -0.1) is 0 Å². The molecule has 95 heavy (non-hydrogen) atoms. The van der Waals surface area contributed by atoms with Crippen LogP contribution in [0.15, 0.2) is 0 Å². The summed E-state index contributed by atoms with van der Waals surface area (Å²) < 4.78 is 68.6. The fraction of sp³-hybridized carbons (Fsp3) is 0.947. The molecular formula is C76H148O17P2. The van der Waals surface area contributed by atoms with Crippen molar-refractivity contribution in [1.82, 2.24) is 0 Å². The van der Waals surface area contributed by atoms with Crippen molar-refractivity contribution < 1.29 is 80.2 Å². The van der Waals surface area contributed by atoms with Gasteiger partial charge in [-0.3, -0.25) is 37.3 Å². The van der Waals surface area contributed by atoms with Crippen molar-refractivity contribution in [3.63, 3.8) is 0 Å². The lowest BCUT2D eigenvalue weighted by Gasteiger charge is -2.21. The highest BCUT2D eigenvalue weighted by Crippen LogP contribution is 2.45. The number of carbonyl (C=O) groups excluding carboxylic acids is 4. The number of hydrogen-bond acceptors (Lipinski definition) is 15. The Hall–Kier alpha value is -1.94. The van der Waals surface area contributed by atoms with Gasteiger partial charge in [0.15, 0.2) is 12.2 Å². The van der Waals surface area contributed by atoms with Gasteiger partial charge in [0.2, 0.25) is 0 Å². The van der Waals surface area contributed by atoms with Gasteiger partial charge in [0.05, 0.1) is 26.4 Å². The van der Waals surface area contributed by atoms with Crippen molar-refractivity contribution in [2.45, 2.75) is 413 Å². The average molecular weight is 1400 g/mol. The Morgan fingerprint density at radius 3 is 0.716 bits per heavy atom. The number of hydrogen-bond donors (Lipinski definition) is 3. The molecule has 0 saturated carbocycles. The molecule has 2 unspecified atom stereocenters. The number of aliphatic hydroxyl groups excluding tert-OH is 1. The molecule has 0 aliphatic rings. The predicted octanol–water partition coefficient (Wildman–Crippen LogP) is 22.3. The zero-order valence-electron chi connectivity index (χ0n) is 62.0. The average Bonchev–Trinajstić information content (AvgIpc) is 1.17. The molecule has 0 fully saturated rings. The predicted molar refractivity (Wildman–Crippen MR) is 386 cm³/mol. The third kappa shape index (κ3) is 70.3. The van der Waals surface area contributed by atoms with Gasteiger partial charge in [0, 0.05) is 25.7 Å². The molecule has 564 valence electrons. The van der Waals surface area contributed by atoms with Gasteiger partial charge >= 0.3 is 39.5 Å². The zero-order valence-corrected chi connectivity index (χ0v) is 63.8. The largest absolute Gasteiger partial charge is 0.472 e. The van der Waals surface area contributed by atoms with Crippen LogP contribution in [0.25, 0.3) is 0 Å². The number of ether oxygens (including phenoxy) is 4.